The van der Waals surface area contributed by atoms with Gasteiger partial charge in [-0.05, 0) is 12.8 Å². The van der Waals surface area contributed by atoms with E-state index < -0.39 is 11.9 Å². The summed E-state index contributed by atoms with van der Waals surface area (Å²) >= 11 is 0. The first kappa shape index (κ1) is 24.4. The lowest BCUT2D eigenvalue weighted by atomic mass is 10.0. The Labute approximate surface area is 157 Å². The van der Waals surface area contributed by atoms with E-state index in [1.54, 1.807) is 0 Å². The van der Waals surface area contributed by atoms with Crippen molar-refractivity contribution in [2.75, 3.05) is 6.54 Å². The Hall–Kier alpha value is -1.59. The molecule has 0 radical (unpaired) electrons. The van der Waals surface area contributed by atoms with Crippen molar-refractivity contribution in [2.45, 2.75) is 103 Å². The van der Waals surface area contributed by atoms with E-state index in [-0.39, 0.29) is 12.5 Å². The molecule has 152 valence electrons. The lowest BCUT2D eigenvalue weighted by Gasteiger charge is -2.04. The van der Waals surface area contributed by atoms with Gasteiger partial charge in [0, 0.05) is 12.8 Å². The zero-order valence-corrected chi connectivity index (χ0v) is 16.1. The molecule has 0 aliphatic carbocycles. The number of nitrogens with one attached hydrogen (secondary N) is 1. The molecule has 0 rings (SSSR count). The number of rotatable bonds is 19. The standard InChI is InChI=1S/C20H37NO5/c22-18(21-17-20(25)26)15-13-11-9-7-5-3-1-2-4-6-8-10-12-14-16-19(23)24/h1-17H2,(H,21,22)(H,23,24)(H,25,26). The highest BCUT2D eigenvalue weighted by Gasteiger charge is 2.03. The molecule has 1 amide bonds. The van der Waals surface area contributed by atoms with Gasteiger partial charge in [-0.3, -0.25) is 14.4 Å². The lowest BCUT2D eigenvalue weighted by molar-refractivity contribution is -0.138. The van der Waals surface area contributed by atoms with Gasteiger partial charge in [-0.15, -0.1) is 0 Å². The molecule has 0 aromatic rings. The van der Waals surface area contributed by atoms with Crippen molar-refractivity contribution >= 4 is 17.8 Å². The van der Waals surface area contributed by atoms with E-state index >= 15 is 0 Å². The molecule has 0 aliphatic heterocycles. The molecule has 3 N–H and O–H groups in total. The molecule has 0 atom stereocenters. The van der Waals surface area contributed by atoms with Gasteiger partial charge < -0.3 is 15.5 Å². The number of amides is 1. The van der Waals surface area contributed by atoms with Crippen molar-refractivity contribution in [1.29, 1.82) is 0 Å². The molecular formula is C20H37NO5. The minimum absolute atomic E-state index is 0.172. The van der Waals surface area contributed by atoms with Gasteiger partial charge in [0.2, 0.25) is 5.91 Å². The summed E-state index contributed by atoms with van der Waals surface area (Å²) in [5, 5.41) is 19.4. The van der Waals surface area contributed by atoms with Crippen LogP contribution in [0.2, 0.25) is 0 Å². The number of carboxylic acid groups (broad SMARTS) is 2. The van der Waals surface area contributed by atoms with E-state index in [0.717, 1.165) is 38.5 Å². The first-order valence-corrected chi connectivity index (χ1v) is 10.2. The van der Waals surface area contributed by atoms with E-state index in [9.17, 15) is 14.4 Å². The van der Waals surface area contributed by atoms with Gasteiger partial charge in [0.1, 0.15) is 6.54 Å². The third-order valence-corrected chi connectivity index (χ3v) is 4.48. The average Bonchev–Trinajstić information content (AvgIpc) is 2.59. The van der Waals surface area contributed by atoms with E-state index in [2.05, 4.69) is 5.32 Å². The van der Waals surface area contributed by atoms with Crippen LogP contribution in [0.25, 0.3) is 0 Å². The summed E-state index contributed by atoms with van der Waals surface area (Å²) < 4.78 is 0. The van der Waals surface area contributed by atoms with Gasteiger partial charge in [-0.25, -0.2) is 0 Å². The fourth-order valence-electron chi connectivity index (χ4n) is 2.95. The SMILES string of the molecule is O=C(O)CCCCCCCCCCCCCCCCC(=O)NCC(=O)O. The number of carbonyl (C=O) groups is 3. The number of carbonyl (C=O) groups excluding carboxylic acids is 1. The van der Waals surface area contributed by atoms with Crippen molar-refractivity contribution < 1.29 is 24.6 Å². The fraction of sp³-hybridized carbons (Fsp3) is 0.850. The smallest absolute Gasteiger partial charge is 0.322 e. The van der Waals surface area contributed by atoms with Gasteiger partial charge >= 0.3 is 11.9 Å². The summed E-state index contributed by atoms with van der Waals surface area (Å²) in [5.74, 6) is -1.87. The maximum atomic E-state index is 11.3. The number of carboxylic acids is 2. The second-order valence-corrected chi connectivity index (χ2v) is 7.01. The van der Waals surface area contributed by atoms with Crippen molar-refractivity contribution in [3.63, 3.8) is 0 Å². The van der Waals surface area contributed by atoms with Gasteiger partial charge in [0.25, 0.3) is 0 Å². The number of aliphatic carboxylic acids is 2. The molecule has 6 nitrogen and oxygen atoms in total. The predicted molar refractivity (Wildman–Crippen MR) is 102 cm³/mol. The molecule has 6 heteroatoms. The molecule has 0 heterocycles. The van der Waals surface area contributed by atoms with Crippen LogP contribution < -0.4 is 5.32 Å². The van der Waals surface area contributed by atoms with Crippen LogP contribution in [-0.2, 0) is 14.4 Å². The molecule has 0 saturated heterocycles. The quantitative estimate of drug-likeness (QED) is 0.290. The largest absolute Gasteiger partial charge is 0.481 e. The van der Waals surface area contributed by atoms with E-state index in [0.29, 0.717) is 12.8 Å². The van der Waals surface area contributed by atoms with Crippen LogP contribution >= 0.6 is 0 Å². The highest BCUT2D eigenvalue weighted by molar-refractivity contribution is 5.80. The van der Waals surface area contributed by atoms with Gasteiger partial charge in [0.05, 0.1) is 0 Å². The fourth-order valence-corrected chi connectivity index (χ4v) is 2.95. The molecule has 0 aromatic carbocycles. The molecule has 0 fully saturated rings. The Morgan fingerprint density at radius 1 is 0.500 bits per heavy atom. The summed E-state index contributed by atoms with van der Waals surface area (Å²) in [4.78, 5) is 32.0. The van der Waals surface area contributed by atoms with Gasteiger partial charge in [-0.2, -0.15) is 0 Å². The Balaban J connectivity index is 3.12. The predicted octanol–water partition coefficient (Wildman–Crippen LogP) is 4.51. The Morgan fingerprint density at radius 2 is 0.846 bits per heavy atom. The maximum absolute atomic E-state index is 11.3. The molecule has 0 unspecified atom stereocenters. The molecule has 0 bridgehead atoms. The Bertz CT molecular complexity index is 384. The van der Waals surface area contributed by atoms with E-state index in [1.165, 1.54) is 51.4 Å². The molecule has 0 spiro atoms. The molecule has 0 aromatic heterocycles. The zero-order valence-electron chi connectivity index (χ0n) is 16.1. The second-order valence-electron chi connectivity index (χ2n) is 7.01. The van der Waals surface area contributed by atoms with Crippen LogP contribution in [-0.4, -0.2) is 34.6 Å². The van der Waals surface area contributed by atoms with Crippen molar-refractivity contribution in [1.82, 2.24) is 5.32 Å². The third kappa shape index (κ3) is 20.5. The Morgan fingerprint density at radius 3 is 1.19 bits per heavy atom. The van der Waals surface area contributed by atoms with Crippen LogP contribution in [0, 0.1) is 0 Å². The van der Waals surface area contributed by atoms with E-state index in [1.807, 2.05) is 0 Å². The van der Waals surface area contributed by atoms with Gasteiger partial charge in [-0.1, -0.05) is 77.0 Å². The zero-order chi connectivity index (χ0) is 19.5. The lowest BCUT2D eigenvalue weighted by Crippen LogP contribution is -2.28. The molecule has 26 heavy (non-hydrogen) atoms. The molecular weight excluding hydrogens is 334 g/mol. The highest BCUT2D eigenvalue weighted by Crippen LogP contribution is 2.13. The van der Waals surface area contributed by atoms with Crippen LogP contribution in [0.4, 0.5) is 0 Å². The summed E-state index contributed by atoms with van der Waals surface area (Å²) in [6, 6.07) is 0. The van der Waals surface area contributed by atoms with E-state index in [4.69, 9.17) is 10.2 Å². The molecule has 0 saturated carbocycles. The van der Waals surface area contributed by atoms with Crippen LogP contribution in [0.3, 0.4) is 0 Å². The molecule has 0 aliphatic rings. The number of hydrogen-bond donors (Lipinski definition) is 3. The van der Waals surface area contributed by atoms with Crippen LogP contribution in [0.1, 0.15) is 103 Å². The summed E-state index contributed by atoms with van der Waals surface area (Å²) in [6.07, 6.45) is 16.8. The number of hydrogen-bond acceptors (Lipinski definition) is 3. The third-order valence-electron chi connectivity index (χ3n) is 4.48. The highest BCUT2D eigenvalue weighted by atomic mass is 16.4. The van der Waals surface area contributed by atoms with Crippen molar-refractivity contribution in [3.8, 4) is 0 Å². The van der Waals surface area contributed by atoms with Crippen LogP contribution in [0.5, 0.6) is 0 Å². The summed E-state index contributed by atoms with van der Waals surface area (Å²) in [5.41, 5.74) is 0. The normalized spacial score (nSPS) is 10.6. The first-order chi connectivity index (χ1) is 12.5. The first-order valence-electron chi connectivity index (χ1n) is 10.2. The minimum Gasteiger partial charge on any atom is -0.481 e. The van der Waals surface area contributed by atoms with Gasteiger partial charge in [0.15, 0.2) is 0 Å². The summed E-state index contributed by atoms with van der Waals surface area (Å²) in [7, 11) is 0. The monoisotopic (exact) mass is 371 g/mol. The summed E-state index contributed by atoms with van der Waals surface area (Å²) in [6.45, 7) is -0.288. The number of unbranched alkanes of at least 4 members (excludes halogenated alkanes) is 13. The van der Waals surface area contributed by atoms with Crippen LogP contribution in [0.15, 0.2) is 0 Å². The maximum Gasteiger partial charge on any atom is 0.322 e. The Kier molecular flexibility index (Phi) is 17.1. The topological polar surface area (TPSA) is 104 Å². The van der Waals surface area contributed by atoms with Crippen molar-refractivity contribution in [3.05, 3.63) is 0 Å². The minimum atomic E-state index is -1.01. The second kappa shape index (κ2) is 18.2. The van der Waals surface area contributed by atoms with Crippen molar-refractivity contribution in [2.24, 2.45) is 0 Å². The average molecular weight is 372 g/mol.